The maximum atomic E-state index is 14.3. The number of hydrogen-bond acceptors (Lipinski definition) is 6. The number of benzene rings is 1. The molecule has 41 heavy (non-hydrogen) atoms. The molecular weight excluding hydrogens is 546 g/mol. The van der Waals surface area contributed by atoms with Crippen molar-refractivity contribution in [3.05, 3.63) is 60.8 Å². The summed E-state index contributed by atoms with van der Waals surface area (Å²) in [5.74, 6) is -0.992. The minimum Gasteiger partial charge on any atom is -0.449 e. The van der Waals surface area contributed by atoms with Crippen molar-refractivity contribution in [3.63, 3.8) is 0 Å². The molecule has 0 saturated heterocycles. The lowest BCUT2D eigenvalue weighted by Crippen LogP contribution is -2.41. The smallest absolute Gasteiger partial charge is 0.412 e. The second-order valence-corrected chi connectivity index (χ2v) is 9.03. The fraction of sp³-hybridized carbons (Fsp3) is 0.296. The zero-order valence-electron chi connectivity index (χ0n) is 22.2. The first-order valence-corrected chi connectivity index (χ1v) is 12.7. The van der Waals surface area contributed by atoms with Gasteiger partial charge in [0.15, 0.2) is 17.5 Å². The Hall–Kier alpha value is -4.75. The Balaban J connectivity index is 1.52. The number of alkyl halides is 3. The standard InChI is InChI=1S/C27H27F4N7O3/c1-3-4-5-11-41-26(40)36-24-20(28)14-33-23(35-24)18-9-10-38-21(15-32-22(38)13-18)17-7-6-8-19(12-17)37(2)25(39)34-16-27(29,30)31/h6-10,12-15H,3-5,11,16H2,1-2H3,(H,34,39)(H,33,35,36,40). The van der Waals surface area contributed by atoms with Crippen LogP contribution in [0.3, 0.4) is 0 Å². The minimum absolute atomic E-state index is 0.147. The zero-order valence-corrected chi connectivity index (χ0v) is 22.2. The zero-order chi connectivity index (χ0) is 29.6. The number of hydrogen-bond donors (Lipinski definition) is 2. The summed E-state index contributed by atoms with van der Waals surface area (Å²) in [7, 11) is 1.36. The van der Waals surface area contributed by atoms with Crippen LogP contribution in [0.5, 0.6) is 0 Å². The molecule has 0 saturated carbocycles. The number of pyridine rings is 1. The van der Waals surface area contributed by atoms with Gasteiger partial charge >= 0.3 is 18.3 Å². The van der Waals surface area contributed by atoms with Gasteiger partial charge in [0.2, 0.25) is 0 Å². The average molecular weight is 574 g/mol. The molecule has 4 rings (SSSR count). The van der Waals surface area contributed by atoms with Gasteiger partial charge in [-0.05, 0) is 30.7 Å². The van der Waals surface area contributed by atoms with E-state index in [9.17, 15) is 27.2 Å². The largest absolute Gasteiger partial charge is 0.449 e. The lowest BCUT2D eigenvalue weighted by Gasteiger charge is -2.19. The Labute approximate surface area is 232 Å². The molecule has 0 atom stereocenters. The molecule has 14 heteroatoms. The van der Waals surface area contributed by atoms with Gasteiger partial charge in [-0.1, -0.05) is 31.9 Å². The number of aromatic nitrogens is 4. The van der Waals surface area contributed by atoms with Crippen LogP contribution in [0.15, 0.2) is 55.0 Å². The van der Waals surface area contributed by atoms with Crippen LogP contribution in [0.25, 0.3) is 28.3 Å². The van der Waals surface area contributed by atoms with Crippen molar-refractivity contribution in [3.8, 4) is 22.6 Å². The predicted molar refractivity (Wildman–Crippen MR) is 144 cm³/mol. The van der Waals surface area contributed by atoms with Gasteiger partial charge in [0.1, 0.15) is 12.2 Å². The number of fused-ring (bicyclic) bond motifs is 1. The number of urea groups is 1. The molecule has 0 fully saturated rings. The van der Waals surface area contributed by atoms with Crippen molar-refractivity contribution < 1.29 is 31.9 Å². The summed E-state index contributed by atoms with van der Waals surface area (Å²) in [5.41, 5.74) is 2.67. The molecule has 0 radical (unpaired) electrons. The number of ether oxygens (including phenoxy) is 1. The number of carbonyl (C=O) groups excluding carboxylic acids is 2. The van der Waals surface area contributed by atoms with Gasteiger partial charge < -0.3 is 10.1 Å². The highest BCUT2D eigenvalue weighted by Crippen LogP contribution is 2.27. The third-order valence-corrected chi connectivity index (χ3v) is 5.99. The summed E-state index contributed by atoms with van der Waals surface area (Å²) in [5, 5.41) is 4.14. The van der Waals surface area contributed by atoms with Gasteiger partial charge in [0.25, 0.3) is 0 Å². The summed E-state index contributed by atoms with van der Waals surface area (Å²) in [6.45, 7) is 0.791. The summed E-state index contributed by atoms with van der Waals surface area (Å²) in [4.78, 5) is 37.8. The number of imidazole rings is 1. The Bertz CT molecular complexity index is 1540. The highest BCUT2D eigenvalue weighted by molar-refractivity contribution is 5.92. The van der Waals surface area contributed by atoms with Crippen LogP contribution in [-0.2, 0) is 4.74 Å². The molecule has 2 N–H and O–H groups in total. The average Bonchev–Trinajstić information content (AvgIpc) is 3.38. The fourth-order valence-electron chi connectivity index (χ4n) is 3.86. The van der Waals surface area contributed by atoms with Gasteiger partial charge in [-0.3, -0.25) is 14.6 Å². The molecule has 3 amide bonds. The second kappa shape index (κ2) is 12.6. The third kappa shape index (κ3) is 7.47. The second-order valence-electron chi connectivity index (χ2n) is 9.03. The van der Waals surface area contributed by atoms with Crippen LogP contribution >= 0.6 is 0 Å². The monoisotopic (exact) mass is 573 g/mol. The van der Waals surface area contributed by atoms with Crippen LogP contribution < -0.4 is 15.5 Å². The molecule has 0 aliphatic heterocycles. The quantitative estimate of drug-likeness (QED) is 0.186. The SMILES string of the molecule is CCCCCOC(=O)Nc1nc(-c2ccn3c(-c4cccc(N(C)C(=O)NCC(F)(F)F)c4)cnc3c2)ncc1F. The Morgan fingerprint density at radius 1 is 1.07 bits per heavy atom. The Morgan fingerprint density at radius 3 is 2.63 bits per heavy atom. The van der Waals surface area contributed by atoms with E-state index >= 15 is 0 Å². The topological polar surface area (TPSA) is 114 Å². The first-order valence-electron chi connectivity index (χ1n) is 12.7. The summed E-state index contributed by atoms with van der Waals surface area (Å²) in [6.07, 6.45) is 1.47. The van der Waals surface area contributed by atoms with Crippen molar-refractivity contribution in [1.82, 2.24) is 24.7 Å². The van der Waals surface area contributed by atoms with Crippen molar-refractivity contribution in [2.24, 2.45) is 0 Å². The van der Waals surface area contributed by atoms with Gasteiger partial charge in [0, 0.05) is 30.1 Å². The summed E-state index contributed by atoms with van der Waals surface area (Å²) < 4.78 is 58.5. The van der Waals surface area contributed by atoms with Crippen molar-refractivity contribution in [1.29, 1.82) is 0 Å². The van der Waals surface area contributed by atoms with E-state index in [1.54, 1.807) is 53.2 Å². The first-order chi connectivity index (χ1) is 19.6. The maximum absolute atomic E-state index is 14.3. The maximum Gasteiger partial charge on any atom is 0.412 e. The van der Waals surface area contributed by atoms with E-state index in [-0.39, 0.29) is 18.2 Å². The van der Waals surface area contributed by atoms with E-state index in [0.717, 1.165) is 23.9 Å². The number of amides is 3. The van der Waals surface area contributed by atoms with Crippen molar-refractivity contribution in [2.75, 3.05) is 30.4 Å². The molecule has 216 valence electrons. The lowest BCUT2D eigenvalue weighted by molar-refractivity contribution is -0.122. The number of nitrogens with zero attached hydrogens (tertiary/aromatic N) is 5. The highest BCUT2D eigenvalue weighted by Gasteiger charge is 2.28. The molecule has 0 unspecified atom stereocenters. The molecule has 3 aromatic heterocycles. The van der Waals surface area contributed by atoms with Crippen LogP contribution in [0, 0.1) is 5.82 Å². The number of nitrogens with one attached hydrogen (secondary N) is 2. The highest BCUT2D eigenvalue weighted by atomic mass is 19.4. The van der Waals surface area contributed by atoms with E-state index in [1.807, 2.05) is 12.2 Å². The molecule has 0 spiro atoms. The van der Waals surface area contributed by atoms with Gasteiger partial charge in [-0.25, -0.2) is 28.9 Å². The Morgan fingerprint density at radius 2 is 1.88 bits per heavy atom. The van der Waals surface area contributed by atoms with Crippen molar-refractivity contribution >= 4 is 29.3 Å². The third-order valence-electron chi connectivity index (χ3n) is 5.99. The molecule has 0 aliphatic carbocycles. The number of unbranched alkanes of at least 4 members (excludes halogenated alkanes) is 2. The van der Waals surface area contributed by atoms with Crippen LogP contribution in [0.1, 0.15) is 26.2 Å². The van der Waals surface area contributed by atoms with Gasteiger partial charge in [0.05, 0.1) is 24.7 Å². The van der Waals surface area contributed by atoms with E-state index in [2.05, 4.69) is 20.3 Å². The number of carbonyl (C=O) groups is 2. The van der Waals surface area contributed by atoms with Crippen LogP contribution in [-0.4, -0.2) is 57.9 Å². The molecule has 10 nitrogen and oxygen atoms in total. The van der Waals surface area contributed by atoms with E-state index in [4.69, 9.17) is 4.74 Å². The van der Waals surface area contributed by atoms with E-state index in [0.29, 0.717) is 34.6 Å². The van der Waals surface area contributed by atoms with Crippen LogP contribution in [0.2, 0.25) is 0 Å². The predicted octanol–water partition coefficient (Wildman–Crippen LogP) is 6.04. The number of halogens is 4. The fourth-order valence-corrected chi connectivity index (χ4v) is 3.86. The number of anilines is 2. The summed E-state index contributed by atoms with van der Waals surface area (Å²) in [6, 6.07) is 9.12. The van der Waals surface area contributed by atoms with Crippen molar-refractivity contribution in [2.45, 2.75) is 32.4 Å². The molecule has 0 aliphatic rings. The van der Waals surface area contributed by atoms with E-state index in [1.165, 1.54) is 7.05 Å². The van der Waals surface area contributed by atoms with E-state index < -0.39 is 30.7 Å². The molecule has 1 aromatic carbocycles. The molecule has 3 heterocycles. The lowest BCUT2D eigenvalue weighted by atomic mass is 10.1. The number of rotatable bonds is 9. The minimum atomic E-state index is -4.52. The van der Waals surface area contributed by atoms with Crippen LogP contribution in [0.4, 0.5) is 38.7 Å². The molecule has 4 aromatic rings. The molecular formula is C27H27F4N7O3. The Kier molecular flexibility index (Phi) is 9.00. The van der Waals surface area contributed by atoms with Gasteiger partial charge in [-0.15, -0.1) is 0 Å². The van der Waals surface area contributed by atoms with Gasteiger partial charge in [-0.2, -0.15) is 13.2 Å². The first kappa shape index (κ1) is 29.2. The summed E-state index contributed by atoms with van der Waals surface area (Å²) >= 11 is 0. The molecule has 0 bridgehead atoms. The normalized spacial score (nSPS) is 11.4.